The lowest BCUT2D eigenvalue weighted by atomic mass is 9.95. The summed E-state index contributed by atoms with van der Waals surface area (Å²) in [6.07, 6.45) is 6.17. The standard InChI is InChI=1S/C32H37N9O/c1-23-4-2-6-27(36-23)31-35-14-12-29(39-31)37-28-11-13-34-30(38-28)20-24-7-9-25(10-8-24)21-40-17-3-5-26(22-40)32(42)41-18-15-33-16-19-41/h2,4,6-14,26,33H,3,5,15-22H2,1H3,(H,34,35,37,38,39). The molecule has 1 unspecified atom stereocenters. The topological polar surface area (TPSA) is 112 Å². The SMILES string of the molecule is Cc1cccc(-c2nccc(Nc3ccnc(Cc4ccc(CN5CCCC(C(=O)N6CCNCC6)C5)cc4)n3)n2)n1. The second kappa shape index (κ2) is 13.1. The highest BCUT2D eigenvalue weighted by Gasteiger charge is 2.29. The summed E-state index contributed by atoms with van der Waals surface area (Å²) in [4.78, 5) is 40.2. The summed E-state index contributed by atoms with van der Waals surface area (Å²) < 4.78 is 0. The summed E-state index contributed by atoms with van der Waals surface area (Å²) in [5, 5.41) is 6.61. The first-order chi connectivity index (χ1) is 20.6. The van der Waals surface area contributed by atoms with E-state index < -0.39 is 0 Å². The zero-order chi connectivity index (χ0) is 28.7. The van der Waals surface area contributed by atoms with Crippen molar-refractivity contribution in [1.29, 1.82) is 0 Å². The van der Waals surface area contributed by atoms with Gasteiger partial charge in [-0.1, -0.05) is 30.3 Å². The molecular weight excluding hydrogens is 526 g/mol. The van der Waals surface area contributed by atoms with Gasteiger partial charge in [0.1, 0.15) is 23.2 Å². The Bertz CT molecular complexity index is 1500. The van der Waals surface area contributed by atoms with Crippen molar-refractivity contribution in [3.63, 3.8) is 0 Å². The summed E-state index contributed by atoms with van der Waals surface area (Å²) >= 11 is 0. The molecule has 0 spiro atoms. The van der Waals surface area contributed by atoms with Crippen LogP contribution >= 0.6 is 0 Å². The van der Waals surface area contributed by atoms with Crippen LogP contribution in [0.15, 0.2) is 67.0 Å². The number of hydrogen-bond donors (Lipinski definition) is 2. The molecule has 216 valence electrons. The van der Waals surface area contributed by atoms with Gasteiger partial charge in [0.05, 0.1) is 5.92 Å². The summed E-state index contributed by atoms with van der Waals surface area (Å²) in [6.45, 7) is 8.14. The minimum atomic E-state index is 0.113. The lowest BCUT2D eigenvalue weighted by Gasteiger charge is -2.36. The van der Waals surface area contributed by atoms with E-state index in [2.05, 4.69) is 59.7 Å². The molecule has 6 rings (SSSR count). The predicted octanol–water partition coefficient (Wildman–Crippen LogP) is 3.62. The quantitative estimate of drug-likeness (QED) is 0.332. The molecule has 1 amide bonds. The van der Waals surface area contributed by atoms with Crippen molar-refractivity contribution in [3.05, 3.63) is 89.6 Å². The third-order valence-corrected chi connectivity index (χ3v) is 7.81. The number of piperazine rings is 1. The average molecular weight is 564 g/mol. The normalized spacial score (nSPS) is 17.6. The van der Waals surface area contributed by atoms with Gasteiger partial charge >= 0.3 is 0 Å². The fourth-order valence-electron chi connectivity index (χ4n) is 5.65. The molecule has 0 radical (unpaired) electrons. The number of nitrogens with one attached hydrogen (secondary N) is 2. The van der Waals surface area contributed by atoms with Gasteiger partial charge in [0.25, 0.3) is 0 Å². The second-order valence-corrected chi connectivity index (χ2v) is 11.1. The van der Waals surface area contributed by atoms with Gasteiger partial charge < -0.3 is 15.5 Å². The Kier molecular flexibility index (Phi) is 8.72. The van der Waals surface area contributed by atoms with E-state index in [0.29, 0.717) is 29.8 Å². The van der Waals surface area contributed by atoms with Crippen molar-refractivity contribution < 1.29 is 4.79 Å². The molecule has 1 aromatic carbocycles. The van der Waals surface area contributed by atoms with Gasteiger partial charge in [0.15, 0.2) is 5.82 Å². The number of piperidine rings is 1. The number of amides is 1. The summed E-state index contributed by atoms with van der Waals surface area (Å²) in [6, 6.07) is 18.1. The summed E-state index contributed by atoms with van der Waals surface area (Å²) in [5.74, 6) is 3.05. The van der Waals surface area contributed by atoms with Gasteiger partial charge in [-0.3, -0.25) is 9.69 Å². The van der Waals surface area contributed by atoms with Crippen molar-refractivity contribution >= 4 is 17.5 Å². The van der Waals surface area contributed by atoms with E-state index in [1.54, 1.807) is 12.4 Å². The Hall–Kier alpha value is -4.28. The highest BCUT2D eigenvalue weighted by Crippen LogP contribution is 2.22. The number of rotatable bonds is 8. The van der Waals surface area contributed by atoms with E-state index >= 15 is 0 Å². The molecule has 10 heteroatoms. The molecule has 0 aliphatic carbocycles. The maximum Gasteiger partial charge on any atom is 0.227 e. The zero-order valence-corrected chi connectivity index (χ0v) is 24.0. The van der Waals surface area contributed by atoms with Crippen molar-refractivity contribution in [2.45, 2.75) is 32.7 Å². The zero-order valence-electron chi connectivity index (χ0n) is 24.0. The number of carbonyl (C=O) groups is 1. The molecule has 4 aromatic rings. The third kappa shape index (κ3) is 7.13. The fourth-order valence-corrected chi connectivity index (χ4v) is 5.65. The molecule has 2 saturated heterocycles. The number of anilines is 2. The van der Waals surface area contributed by atoms with E-state index in [9.17, 15) is 4.79 Å². The van der Waals surface area contributed by atoms with Crippen LogP contribution in [-0.4, -0.2) is 79.9 Å². The smallest absolute Gasteiger partial charge is 0.227 e. The molecule has 5 heterocycles. The first-order valence-corrected chi connectivity index (χ1v) is 14.7. The Morgan fingerprint density at radius 1 is 0.905 bits per heavy atom. The minimum Gasteiger partial charge on any atom is -0.340 e. The highest BCUT2D eigenvalue weighted by atomic mass is 16.2. The van der Waals surface area contributed by atoms with Crippen molar-refractivity contribution in [1.82, 2.24) is 40.0 Å². The number of carbonyl (C=O) groups excluding carboxylic acids is 1. The maximum atomic E-state index is 13.0. The average Bonchev–Trinajstić information content (AvgIpc) is 3.03. The molecule has 2 aliphatic heterocycles. The highest BCUT2D eigenvalue weighted by molar-refractivity contribution is 5.79. The summed E-state index contributed by atoms with van der Waals surface area (Å²) in [7, 11) is 0. The van der Waals surface area contributed by atoms with Crippen molar-refractivity contribution in [3.8, 4) is 11.5 Å². The third-order valence-electron chi connectivity index (χ3n) is 7.81. The van der Waals surface area contributed by atoms with E-state index in [-0.39, 0.29) is 5.92 Å². The van der Waals surface area contributed by atoms with Crippen LogP contribution in [0.3, 0.4) is 0 Å². The lowest BCUT2D eigenvalue weighted by molar-refractivity contribution is -0.138. The number of hydrogen-bond acceptors (Lipinski definition) is 9. The Morgan fingerprint density at radius 2 is 1.67 bits per heavy atom. The van der Waals surface area contributed by atoms with Gasteiger partial charge in [0.2, 0.25) is 5.91 Å². The molecule has 2 fully saturated rings. The Morgan fingerprint density at radius 3 is 2.48 bits per heavy atom. The van der Waals surface area contributed by atoms with Crippen LogP contribution in [0.1, 0.15) is 35.5 Å². The first-order valence-electron chi connectivity index (χ1n) is 14.7. The molecule has 2 aliphatic rings. The van der Waals surface area contributed by atoms with Crippen LogP contribution in [0.4, 0.5) is 11.6 Å². The molecule has 10 nitrogen and oxygen atoms in total. The number of likely N-dealkylation sites (tertiary alicyclic amines) is 1. The van der Waals surface area contributed by atoms with E-state index in [1.807, 2.05) is 42.2 Å². The van der Waals surface area contributed by atoms with Crippen LogP contribution in [0.5, 0.6) is 0 Å². The molecular formula is C32H37N9O. The largest absolute Gasteiger partial charge is 0.340 e. The lowest BCUT2D eigenvalue weighted by Crippen LogP contribution is -2.51. The van der Waals surface area contributed by atoms with Crippen LogP contribution in [-0.2, 0) is 17.8 Å². The van der Waals surface area contributed by atoms with Gasteiger partial charge in [-0.2, -0.15) is 0 Å². The number of aromatic nitrogens is 5. The number of benzene rings is 1. The minimum absolute atomic E-state index is 0.113. The maximum absolute atomic E-state index is 13.0. The van der Waals surface area contributed by atoms with Gasteiger partial charge in [-0.25, -0.2) is 24.9 Å². The van der Waals surface area contributed by atoms with E-state index in [1.165, 1.54) is 5.56 Å². The van der Waals surface area contributed by atoms with Crippen LogP contribution < -0.4 is 10.6 Å². The van der Waals surface area contributed by atoms with Crippen molar-refractivity contribution in [2.75, 3.05) is 44.6 Å². The van der Waals surface area contributed by atoms with Crippen LogP contribution in [0.2, 0.25) is 0 Å². The second-order valence-electron chi connectivity index (χ2n) is 11.1. The predicted molar refractivity (Wildman–Crippen MR) is 162 cm³/mol. The summed E-state index contributed by atoms with van der Waals surface area (Å²) in [5.41, 5.74) is 4.05. The molecule has 3 aromatic heterocycles. The van der Waals surface area contributed by atoms with E-state index in [0.717, 1.165) is 81.4 Å². The van der Waals surface area contributed by atoms with Crippen molar-refractivity contribution in [2.24, 2.45) is 5.92 Å². The molecule has 1 atom stereocenters. The van der Waals surface area contributed by atoms with Crippen LogP contribution in [0.25, 0.3) is 11.5 Å². The Labute approximate surface area is 246 Å². The van der Waals surface area contributed by atoms with Crippen LogP contribution in [0, 0.1) is 12.8 Å². The van der Waals surface area contributed by atoms with Gasteiger partial charge in [0, 0.05) is 63.8 Å². The Balaban J connectivity index is 1.04. The molecule has 0 saturated carbocycles. The number of aryl methyl sites for hydroxylation is 1. The number of nitrogens with zero attached hydrogens (tertiary/aromatic N) is 7. The van der Waals surface area contributed by atoms with Gasteiger partial charge in [-0.05, 0) is 61.7 Å². The van der Waals surface area contributed by atoms with E-state index in [4.69, 9.17) is 4.98 Å². The molecule has 0 bridgehead atoms. The van der Waals surface area contributed by atoms with Gasteiger partial charge in [-0.15, -0.1) is 0 Å². The molecule has 2 N–H and O–H groups in total. The fraction of sp³-hybridized carbons (Fsp3) is 0.375. The monoisotopic (exact) mass is 563 g/mol. The number of pyridine rings is 1. The first kappa shape index (κ1) is 27.9. The molecule has 42 heavy (non-hydrogen) atoms.